The fourth-order valence-corrected chi connectivity index (χ4v) is 3.37. The molecule has 0 unspecified atom stereocenters. The molecule has 0 amide bonds. The molecule has 3 aromatic rings. The van der Waals surface area contributed by atoms with E-state index in [0.29, 0.717) is 10.2 Å². The summed E-state index contributed by atoms with van der Waals surface area (Å²) in [6.07, 6.45) is 1.32. The summed E-state index contributed by atoms with van der Waals surface area (Å²) in [6.45, 7) is 4.21. The molecule has 6 heteroatoms. The molecule has 0 radical (unpaired) electrons. The van der Waals surface area contributed by atoms with E-state index in [4.69, 9.17) is 5.11 Å². The number of rotatable bonds is 4. The van der Waals surface area contributed by atoms with Crippen LogP contribution in [0.2, 0.25) is 0 Å². The van der Waals surface area contributed by atoms with Gasteiger partial charge >= 0.3 is 5.97 Å². The van der Waals surface area contributed by atoms with Crippen molar-refractivity contribution in [3.8, 4) is 11.1 Å². The van der Waals surface area contributed by atoms with Gasteiger partial charge in [0.1, 0.15) is 4.83 Å². The highest BCUT2D eigenvalue weighted by Crippen LogP contribution is 2.31. The zero-order chi connectivity index (χ0) is 16.6. The molecule has 23 heavy (non-hydrogen) atoms. The number of fused-ring (bicyclic) bond motifs is 1. The van der Waals surface area contributed by atoms with E-state index in [1.165, 1.54) is 27.8 Å². The second-order valence-electron chi connectivity index (χ2n) is 5.52. The van der Waals surface area contributed by atoms with Crippen LogP contribution >= 0.6 is 11.3 Å². The highest BCUT2D eigenvalue weighted by atomic mass is 32.1. The molecule has 0 fully saturated rings. The van der Waals surface area contributed by atoms with Crippen LogP contribution in [-0.2, 0) is 11.3 Å². The Morgan fingerprint density at radius 2 is 2.09 bits per heavy atom. The van der Waals surface area contributed by atoms with Gasteiger partial charge in [-0.3, -0.25) is 14.2 Å². The number of carboxylic acid groups (broad SMARTS) is 1. The van der Waals surface area contributed by atoms with Gasteiger partial charge in [-0.1, -0.05) is 18.2 Å². The average Bonchev–Trinajstić information content (AvgIpc) is 2.94. The molecule has 5 nitrogen and oxygen atoms in total. The first-order valence-corrected chi connectivity index (χ1v) is 8.11. The van der Waals surface area contributed by atoms with Gasteiger partial charge in [-0.25, -0.2) is 4.98 Å². The van der Waals surface area contributed by atoms with Gasteiger partial charge < -0.3 is 5.11 Å². The summed E-state index contributed by atoms with van der Waals surface area (Å²) in [7, 11) is 0. The lowest BCUT2D eigenvalue weighted by Gasteiger charge is -2.06. The number of hydrogen-bond donors (Lipinski definition) is 1. The van der Waals surface area contributed by atoms with Crippen LogP contribution in [0.15, 0.2) is 34.7 Å². The maximum atomic E-state index is 12.7. The zero-order valence-electron chi connectivity index (χ0n) is 12.9. The van der Waals surface area contributed by atoms with Gasteiger partial charge in [0.15, 0.2) is 0 Å². The monoisotopic (exact) mass is 328 g/mol. The van der Waals surface area contributed by atoms with Gasteiger partial charge in [0.2, 0.25) is 0 Å². The Labute approximate surface area is 136 Å². The van der Waals surface area contributed by atoms with Gasteiger partial charge in [0, 0.05) is 17.5 Å². The molecule has 0 saturated carbocycles. The molecule has 2 heterocycles. The molecular formula is C17H16N2O3S. The number of benzene rings is 1. The standard InChI is InChI=1S/C17H16N2O3S/c1-10-3-4-12(7-11(10)2)13-8-23-16-15(13)17(22)19(9-18-16)6-5-14(20)21/h3-4,7-9H,5-6H2,1-2H3,(H,20,21). The SMILES string of the molecule is Cc1ccc(-c2csc3ncn(CCC(=O)O)c(=O)c23)cc1C. The van der Waals surface area contributed by atoms with Gasteiger partial charge in [-0.15, -0.1) is 11.3 Å². The van der Waals surface area contributed by atoms with E-state index in [2.05, 4.69) is 11.1 Å². The van der Waals surface area contributed by atoms with Crippen LogP contribution in [0.3, 0.4) is 0 Å². The van der Waals surface area contributed by atoms with Crippen LogP contribution in [0.5, 0.6) is 0 Å². The van der Waals surface area contributed by atoms with Crippen molar-refractivity contribution in [3.63, 3.8) is 0 Å². The third kappa shape index (κ3) is 2.90. The summed E-state index contributed by atoms with van der Waals surface area (Å²) < 4.78 is 1.37. The Hall–Kier alpha value is -2.47. The van der Waals surface area contributed by atoms with Crippen LogP contribution in [-0.4, -0.2) is 20.6 Å². The van der Waals surface area contributed by atoms with Crippen molar-refractivity contribution in [1.29, 1.82) is 0 Å². The van der Waals surface area contributed by atoms with E-state index in [9.17, 15) is 9.59 Å². The van der Waals surface area contributed by atoms with Crippen LogP contribution in [0, 0.1) is 13.8 Å². The lowest BCUT2D eigenvalue weighted by Crippen LogP contribution is -2.21. The Balaban J connectivity index is 2.14. The number of aromatic nitrogens is 2. The Kier molecular flexibility index (Phi) is 4.00. The van der Waals surface area contributed by atoms with Crippen molar-refractivity contribution in [3.05, 3.63) is 51.4 Å². The molecule has 2 aromatic heterocycles. The molecule has 3 rings (SSSR count). The summed E-state index contributed by atoms with van der Waals surface area (Å²) in [6, 6.07) is 6.09. The topological polar surface area (TPSA) is 72.2 Å². The Morgan fingerprint density at radius 1 is 1.30 bits per heavy atom. The largest absolute Gasteiger partial charge is 0.481 e. The Morgan fingerprint density at radius 3 is 2.78 bits per heavy atom. The molecular weight excluding hydrogens is 312 g/mol. The smallest absolute Gasteiger partial charge is 0.305 e. The molecule has 0 spiro atoms. The third-order valence-electron chi connectivity index (χ3n) is 3.95. The van der Waals surface area contributed by atoms with E-state index >= 15 is 0 Å². The Bertz CT molecular complexity index is 956. The summed E-state index contributed by atoms with van der Waals surface area (Å²) in [5.41, 5.74) is 4.01. The first-order chi connectivity index (χ1) is 11.0. The highest BCUT2D eigenvalue weighted by molar-refractivity contribution is 7.17. The molecule has 0 aliphatic rings. The minimum atomic E-state index is -0.934. The van der Waals surface area contributed by atoms with Crippen LogP contribution in [0.4, 0.5) is 0 Å². The zero-order valence-corrected chi connectivity index (χ0v) is 13.7. The molecule has 0 aliphatic carbocycles. The summed E-state index contributed by atoms with van der Waals surface area (Å²) >= 11 is 1.43. The maximum Gasteiger partial charge on any atom is 0.305 e. The van der Waals surface area contributed by atoms with Crippen LogP contribution in [0.25, 0.3) is 21.3 Å². The van der Waals surface area contributed by atoms with E-state index in [1.807, 2.05) is 31.4 Å². The van der Waals surface area contributed by atoms with Crippen molar-refractivity contribution in [2.75, 3.05) is 0 Å². The second kappa shape index (κ2) is 5.96. The third-order valence-corrected chi connectivity index (χ3v) is 4.83. The van der Waals surface area contributed by atoms with Gasteiger partial charge in [-0.05, 0) is 30.5 Å². The lowest BCUT2D eigenvalue weighted by atomic mass is 10.0. The van der Waals surface area contributed by atoms with Crippen LogP contribution in [0.1, 0.15) is 17.5 Å². The number of nitrogens with zero attached hydrogens (tertiary/aromatic N) is 2. The molecule has 1 N–H and O–H groups in total. The van der Waals surface area contributed by atoms with Gasteiger partial charge in [-0.2, -0.15) is 0 Å². The summed E-state index contributed by atoms with van der Waals surface area (Å²) in [4.78, 5) is 28.4. The predicted octanol–water partition coefficient (Wildman–Crippen LogP) is 3.22. The lowest BCUT2D eigenvalue weighted by molar-refractivity contribution is -0.137. The highest BCUT2D eigenvalue weighted by Gasteiger charge is 2.14. The first-order valence-electron chi connectivity index (χ1n) is 7.23. The van der Waals surface area contributed by atoms with E-state index in [1.54, 1.807) is 0 Å². The van der Waals surface area contributed by atoms with Crippen molar-refractivity contribution in [1.82, 2.24) is 9.55 Å². The van der Waals surface area contributed by atoms with Crippen molar-refractivity contribution < 1.29 is 9.90 Å². The number of aryl methyl sites for hydroxylation is 3. The maximum absolute atomic E-state index is 12.7. The molecule has 118 valence electrons. The van der Waals surface area contributed by atoms with Crippen molar-refractivity contribution >= 4 is 27.5 Å². The number of thiophene rings is 1. The minimum Gasteiger partial charge on any atom is -0.481 e. The molecule has 0 atom stereocenters. The van der Waals surface area contributed by atoms with Gasteiger partial charge in [0.25, 0.3) is 5.56 Å². The molecule has 0 saturated heterocycles. The van der Waals surface area contributed by atoms with Crippen LogP contribution < -0.4 is 5.56 Å². The normalized spacial score (nSPS) is 11.0. The molecule has 1 aromatic carbocycles. The number of aliphatic carboxylic acids is 1. The number of hydrogen-bond acceptors (Lipinski definition) is 4. The molecule has 0 aliphatic heterocycles. The van der Waals surface area contributed by atoms with Crippen molar-refractivity contribution in [2.45, 2.75) is 26.8 Å². The fraction of sp³-hybridized carbons (Fsp3) is 0.235. The van der Waals surface area contributed by atoms with E-state index in [-0.39, 0.29) is 18.5 Å². The minimum absolute atomic E-state index is 0.101. The first kappa shape index (κ1) is 15.4. The second-order valence-corrected chi connectivity index (χ2v) is 6.37. The number of carboxylic acids is 1. The predicted molar refractivity (Wildman–Crippen MR) is 91.0 cm³/mol. The molecule has 0 bridgehead atoms. The van der Waals surface area contributed by atoms with E-state index < -0.39 is 5.97 Å². The fourth-order valence-electron chi connectivity index (χ4n) is 2.46. The van der Waals surface area contributed by atoms with Crippen molar-refractivity contribution in [2.24, 2.45) is 0 Å². The van der Waals surface area contributed by atoms with E-state index in [0.717, 1.165) is 16.7 Å². The quantitative estimate of drug-likeness (QED) is 0.798. The summed E-state index contributed by atoms with van der Waals surface area (Å²) in [5.74, 6) is -0.934. The average molecular weight is 328 g/mol. The summed E-state index contributed by atoms with van der Waals surface area (Å²) in [5, 5.41) is 11.3. The number of carbonyl (C=O) groups is 1. The van der Waals surface area contributed by atoms with Gasteiger partial charge in [0.05, 0.1) is 18.1 Å².